The zero-order chi connectivity index (χ0) is 26.7. The molecule has 0 aromatic heterocycles. The minimum absolute atomic E-state index is 0.0533. The first-order valence-corrected chi connectivity index (χ1v) is 14.2. The molecule has 0 bridgehead atoms. The van der Waals surface area contributed by atoms with Gasteiger partial charge in [-0.3, -0.25) is 9.59 Å². The number of ether oxygens (including phenoxy) is 1. The van der Waals surface area contributed by atoms with E-state index >= 15 is 0 Å². The summed E-state index contributed by atoms with van der Waals surface area (Å²) < 4.78 is 34.0. The summed E-state index contributed by atoms with van der Waals surface area (Å²) in [5.74, 6) is -0.589. The number of carbonyl (C=O) groups is 2. The largest absolute Gasteiger partial charge is 0.477 e. The molecular formula is C29H31N3O5S. The number of sulfonamides is 1. The third kappa shape index (κ3) is 5.44. The standard InChI is InChI=1S/C29H31N3O5S/c1-21-13-15-24(16-14-21)38(35,36)31-17-7-10-23(19-31)29(34)32-20-27(37-26-12-6-5-11-25(26)32)28(33)30-18-22-8-3-2-4-9-22/h2-6,8-9,11-16,23,27H,7,10,17-20H2,1H3,(H,30,33)/t23-,27+/m1/s1. The Morgan fingerprint density at radius 3 is 2.42 bits per heavy atom. The lowest BCUT2D eigenvalue weighted by Gasteiger charge is -2.38. The summed E-state index contributed by atoms with van der Waals surface area (Å²) in [5, 5.41) is 2.90. The second-order valence-electron chi connectivity index (χ2n) is 9.74. The zero-order valence-corrected chi connectivity index (χ0v) is 22.1. The SMILES string of the molecule is Cc1ccc(S(=O)(=O)N2CCC[C@@H](C(=O)N3C[C@@H](C(=O)NCc4ccccc4)Oc4ccccc43)C2)cc1. The Morgan fingerprint density at radius 1 is 0.947 bits per heavy atom. The molecule has 2 atom stereocenters. The minimum Gasteiger partial charge on any atom is -0.477 e. The van der Waals surface area contributed by atoms with Gasteiger partial charge in [0.15, 0.2) is 6.10 Å². The number of rotatable bonds is 6. The van der Waals surface area contributed by atoms with Crippen LogP contribution in [0.2, 0.25) is 0 Å². The zero-order valence-electron chi connectivity index (χ0n) is 21.2. The number of nitrogens with one attached hydrogen (secondary N) is 1. The Kier molecular flexibility index (Phi) is 7.49. The minimum atomic E-state index is -3.72. The van der Waals surface area contributed by atoms with Crippen molar-refractivity contribution < 1.29 is 22.7 Å². The van der Waals surface area contributed by atoms with Crippen LogP contribution in [0.5, 0.6) is 5.75 Å². The van der Waals surface area contributed by atoms with Gasteiger partial charge in [-0.15, -0.1) is 0 Å². The molecule has 198 valence electrons. The Balaban J connectivity index is 1.32. The summed E-state index contributed by atoms with van der Waals surface area (Å²) in [7, 11) is -3.72. The number of para-hydroxylation sites is 2. The third-order valence-corrected chi connectivity index (χ3v) is 8.91. The fourth-order valence-corrected chi connectivity index (χ4v) is 6.44. The molecule has 2 heterocycles. The van der Waals surface area contributed by atoms with Crippen LogP contribution in [0.1, 0.15) is 24.0 Å². The molecule has 38 heavy (non-hydrogen) atoms. The van der Waals surface area contributed by atoms with Crippen LogP contribution in [-0.4, -0.2) is 50.3 Å². The number of aryl methyl sites for hydroxylation is 1. The van der Waals surface area contributed by atoms with Gasteiger partial charge in [0, 0.05) is 19.6 Å². The van der Waals surface area contributed by atoms with Gasteiger partial charge in [0.25, 0.3) is 5.91 Å². The van der Waals surface area contributed by atoms with E-state index in [4.69, 9.17) is 4.74 Å². The summed E-state index contributed by atoms with van der Waals surface area (Å²) in [4.78, 5) is 28.7. The second-order valence-corrected chi connectivity index (χ2v) is 11.7. The van der Waals surface area contributed by atoms with Gasteiger partial charge in [-0.1, -0.05) is 60.2 Å². The van der Waals surface area contributed by atoms with Crippen LogP contribution in [0.3, 0.4) is 0 Å². The molecule has 3 aromatic rings. The van der Waals surface area contributed by atoms with Crippen LogP contribution in [0, 0.1) is 12.8 Å². The lowest BCUT2D eigenvalue weighted by atomic mass is 9.97. The molecule has 2 amide bonds. The summed E-state index contributed by atoms with van der Waals surface area (Å²) in [5.41, 5.74) is 2.52. The summed E-state index contributed by atoms with van der Waals surface area (Å²) in [6, 6.07) is 23.4. The predicted octanol–water partition coefficient (Wildman–Crippen LogP) is 3.51. The number of benzene rings is 3. The van der Waals surface area contributed by atoms with E-state index in [2.05, 4.69) is 5.32 Å². The van der Waals surface area contributed by atoms with Gasteiger partial charge < -0.3 is 15.0 Å². The molecule has 2 aliphatic heterocycles. The fourth-order valence-electron chi connectivity index (χ4n) is 4.92. The molecule has 8 nitrogen and oxygen atoms in total. The Bertz CT molecular complexity index is 1410. The van der Waals surface area contributed by atoms with Crippen molar-refractivity contribution in [2.75, 3.05) is 24.5 Å². The van der Waals surface area contributed by atoms with E-state index in [-0.39, 0.29) is 29.8 Å². The average Bonchev–Trinajstić information content (AvgIpc) is 2.95. The van der Waals surface area contributed by atoms with E-state index in [0.717, 1.165) is 11.1 Å². The first-order valence-electron chi connectivity index (χ1n) is 12.8. The van der Waals surface area contributed by atoms with Crippen LogP contribution < -0.4 is 15.0 Å². The summed E-state index contributed by atoms with van der Waals surface area (Å²) in [6.45, 7) is 2.77. The lowest BCUT2D eigenvalue weighted by Crippen LogP contribution is -2.53. The van der Waals surface area contributed by atoms with Crippen LogP contribution in [0.25, 0.3) is 0 Å². The van der Waals surface area contributed by atoms with Crippen LogP contribution >= 0.6 is 0 Å². The van der Waals surface area contributed by atoms with E-state index < -0.39 is 22.0 Å². The number of amides is 2. The quantitative estimate of drug-likeness (QED) is 0.523. The average molecular weight is 534 g/mol. The highest BCUT2D eigenvalue weighted by Crippen LogP contribution is 2.35. The van der Waals surface area contributed by atoms with Gasteiger partial charge >= 0.3 is 0 Å². The van der Waals surface area contributed by atoms with Gasteiger partial charge in [-0.25, -0.2) is 8.42 Å². The number of fused-ring (bicyclic) bond motifs is 1. The van der Waals surface area contributed by atoms with E-state index in [1.807, 2.05) is 43.3 Å². The predicted molar refractivity (Wildman–Crippen MR) is 144 cm³/mol. The van der Waals surface area contributed by atoms with E-state index in [1.54, 1.807) is 47.4 Å². The molecule has 5 rings (SSSR count). The van der Waals surface area contributed by atoms with Crippen molar-refractivity contribution in [2.45, 2.75) is 37.3 Å². The van der Waals surface area contributed by atoms with Gasteiger partial charge in [-0.2, -0.15) is 4.31 Å². The van der Waals surface area contributed by atoms with Crippen LogP contribution in [0.4, 0.5) is 5.69 Å². The molecule has 0 saturated carbocycles. The van der Waals surface area contributed by atoms with Crippen molar-refractivity contribution in [3.63, 3.8) is 0 Å². The summed E-state index contributed by atoms with van der Waals surface area (Å²) in [6.07, 6.45) is 0.269. The number of carbonyl (C=O) groups excluding carboxylic acids is 2. The van der Waals surface area contributed by atoms with Crippen LogP contribution in [0.15, 0.2) is 83.8 Å². The normalized spacial score (nSPS) is 19.8. The van der Waals surface area contributed by atoms with Crippen LogP contribution in [-0.2, 0) is 26.2 Å². The first kappa shape index (κ1) is 25.9. The molecule has 2 aliphatic rings. The fraction of sp³-hybridized carbons (Fsp3) is 0.310. The van der Waals surface area contributed by atoms with Crippen molar-refractivity contribution in [1.82, 2.24) is 9.62 Å². The first-order chi connectivity index (χ1) is 18.3. The molecule has 1 saturated heterocycles. The number of piperidine rings is 1. The maximum absolute atomic E-state index is 13.8. The molecule has 0 spiro atoms. The molecule has 0 unspecified atom stereocenters. The highest BCUT2D eigenvalue weighted by molar-refractivity contribution is 7.89. The maximum Gasteiger partial charge on any atom is 0.263 e. The summed E-state index contributed by atoms with van der Waals surface area (Å²) >= 11 is 0. The molecule has 1 N–H and O–H groups in total. The van der Waals surface area contributed by atoms with Crippen molar-refractivity contribution >= 4 is 27.5 Å². The molecule has 0 aliphatic carbocycles. The van der Waals surface area contributed by atoms with E-state index in [9.17, 15) is 18.0 Å². The smallest absolute Gasteiger partial charge is 0.263 e. The molecular weight excluding hydrogens is 502 g/mol. The van der Waals surface area contributed by atoms with Crippen molar-refractivity contribution in [1.29, 1.82) is 0 Å². The van der Waals surface area contributed by atoms with Crippen molar-refractivity contribution in [3.05, 3.63) is 90.0 Å². The lowest BCUT2D eigenvalue weighted by molar-refractivity contribution is -0.129. The van der Waals surface area contributed by atoms with Crippen molar-refractivity contribution in [3.8, 4) is 5.75 Å². The van der Waals surface area contributed by atoms with Gasteiger partial charge in [0.2, 0.25) is 15.9 Å². The number of nitrogens with zero attached hydrogens (tertiary/aromatic N) is 2. The number of anilines is 1. The second kappa shape index (κ2) is 11.0. The van der Waals surface area contributed by atoms with Gasteiger partial charge in [0.1, 0.15) is 5.75 Å². The van der Waals surface area contributed by atoms with Gasteiger partial charge in [-0.05, 0) is 49.6 Å². The third-order valence-electron chi connectivity index (χ3n) is 7.03. The highest BCUT2D eigenvalue weighted by atomic mass is 32.2. The number of hydrogen-bond acceptors (Lipinski definition) is 5. The van der Waals surface area contributed by atoms with Gasteiger partial charge in [0.05, 0.1) is 23.0 Å². The Hall–Kier alpha value is -3.69. The Morgan fingerprint density at radius 2 is 1.66 bits per heavy atom. The molecule has 1 fully saturated rings. The molecule has 9 heteroatoms. The highest BCUT2D eigenvalue weighted by Gasteiger charge is 2.39. The topological polar surface area (TPSA) is 96.0 Å². The van der Waals surface area contributed by atoms with Crippen molar-refractivity contribution in [2.24, 2.45) is 5.92 Å². The molecule has 0 radical (unpaired) electrons. The maximum atomic E-state index is 13.8. The monoisotopic (exact) mass is 533 g/mol. The molecule has 3 aromatic carbocycles. The van der Waals surface area contributed by atoms with E-state index in [0.29, 0.717) is 37.4 Å². The Labute approximate surface area is 223 Å². The van der Waals surface area contributed by atoms with E-state index in [1.165, 1.54) is 4.31 Å². The number of hydrogen-bond donors (Lipinski definition) is 1.